The second-order valence-corrected chi connectivity index (χ2v) is 8.28. The number of carbonyl (C=O) groups is 1. The fraction of sp³-hybridized carbons (Fsp3) is 0.174. The van der Waals surface area contributed by atoms with E-state index in [2.05, 4.69) is 10.0 Å². The van der Waals surface area contributed by atoms with Crippen LogP contribution < -0.4 is 24.2 Å². The Balaban J connectivity index is 1.55. The smallest absolute Gasteiger partial charge is 0.262 e. The van der Waals surface area contributed by atoms with E-state index in [-0.39, 0.29) is 17.4 Å². The van der Waals surface area contributed by atoms with E-state index in [1.807, 2.05) is 6.92 Å². The van der Waals surface area contributed by atoms with E-state index in [0.29, 0.717) is 35.2 Å². The molecule has 0 unspecified atom stereocenters. The van der Waals surface area contributed by atoms with Crippen LogP contribution in [0.4, 0.5) is 11.4 Å². The summed E-state index contributed by atoms with van der Waals surface area (Å²) in [5.74, 6) is 1.51. The maximum atomic E-state index is 12.6. The molecule has 0 heterocycles. The number of nitrogens with one attached hydrogen (secondary N) is 2. The highest BCUT2D eigenvalue weighted by Gasteiger charge is 2.14. The van der Waals surface area contributed by atoms with Crippen LogP contribution in [0.1, 0.15) is 6.92 Å². The van der Waals surface area contributed by atoms with Crippen LogP contribution in [-0.2, 0) is 14.8 Å². The van der Waals surface area contributed by atoms with Gasteiger partial charge in [-0.2, -0.15) is 0 Å². The van der Waals surface area contributed by atoms with E-state index in [1.165, 1.54) is 24.3 Å². The minimum Gasteiger partial charge on any atom is -0.497 e. The van der Waals surface area contributed by atoms with E-state index in [1.54, 1.807) is 55.6 Å². The highest BCUT2D eigenvalue weighted by molar-refractivity contribution is 7.92. The summed E-state index contributed by atoms with van der Waals surface area (Å²) in [6.07, 6.45) is 0. The summed E-state index contributed by atoms with van der Waals surface area (Å²) in [6.45, 7) is 2.21. The number of sulfonamides is 1. The number of benzene rings is 3. The summed E-state index contributed by atoms with van der Waals surface area (Å²) in [7, 11) is -2.21. The predicted molar refractivity (Wildman–Crippen MR) is 122 cm³/mol. The molecular weight excluding hydrogens is 432 g/mol. The number of anilines is 2. The Bertz CT molecular complexity index is 1130. The van der Waals surface area contributed by atoms with Gasteiger partial charge in [0.1, 0.15) is 17.2 Å². The molecule has 32 heavy (non-hydrogen) atoms. The van der Waals surface area contributed by atoms with Gasteiger partial charge in [-0.15, -0.1) is 0 Å². The lowest BCUT2D eigenvalue weighted by atomic mass is 10.3. The molecule has 9 heteroatoms. The standard InChI is InChI=1S/C23H24N2O6S/c1-3-30-20-8-4-18(5-9-20)25-32(27,28)22-14-6-17(7-15-22)24-23(26)16-31-21-12-10-19(29-2)11-13-21/h4-15,25H,3,16H2,1-2H3,(H,24,26). The Kier molecular flexibility index (Phi) is 7.56. The fourth-order valence-electron chi connectivity index (χ4n) is 2.74. The quantitative estimate of drug-likeness (QED) is 0.479. The Morgan fingerprint density at radius 3 is 1.91 bits per heavy atom. The van der Waals surface area contributed by atoms with Crippen molar-refractivity contribution in [1.29, 1.82) is 0 Å². The third-order valence-corrected chi connectivity index (χ3v) is 5.69. The van der Waals surface area contributed by atoms with E-state index < -0.39 is 10.0 Å². The molecule has 0 aromatic heterocycles. The van der Waals surface area contributed by atoms with Gasteiger partial charge in [-0.3, -0.25) is 9.52 Å². The van der Waals surface area contributed by atoms with Gasteiger partial charge in [0.05, 0.1) is 18.6 Å². The molecular formula is C23H24N2O6S. The minimum atomic E-state index is -3.77. The number of methoxy groups -OCH3 is 1. The van der Waals surface area contributed by atoms with Crippen LogP contribution in [0, 0.1) is 0 Å². The van der Waals surface area contributed by atoms with Gasteiger partial charge in [0.25, 0.3) is 15.9 Å². The number of hydrogen-bond donors (Lipinski definition) is 2. The number of ether oxygens (including phenoxy) is 3. The van der Waals surface area contributed by atoms with Crippen LogP contribution in [0.25, 0.3) is 0 Å². The van der Waals surface area contributed by atoms with E-state index >= 15 is 0 Å². The summed E-state index contributed by atoms with van der Waals surface area (Å²) >= 11 is 0. The molecule has 8 nitrogen and oxygen atoms in total. The third-order valence-electron chi connectivity index (χ3n) is 4.30. The lowest BCUT2D eigenvalue weighted by molar-refractivity contribution is -0.118. The average molecular weight is 457 g/mol. The largest absolute Gasteiger partial charge is 0.497 e. The van der Waals surface area contributed by atoms with Crippen LogP contribution in [0.15, 0.2) is 77.7 Å². The normalized spacial score (nSPS) is 10.8. The van der Waals surface area contributed by atoms with Gasteiger partial charge in [0.15, 0.2) is 6.61 Å². The van der Waals surface area contributed by atoms with Crippen LogP contribution in [-0.4, -0.2) is 34.6 Å². The molecule has 0 saturated heterocycles. The summed E-state index contributed by atoms with van der Waals surface area (Å²) in [6, 6.07) is 19.3. The van der Waals surface area contributed by atoms with Crippen LogP contribution in [0.5, 0.6) is 17.2 Å². The van der Waals surface area contributed by atoms with Gasteiger partial charge in [-0.05, 0) is 79.7 Å². The van der Waals surface area contributed by atoms with E-state index in [4.69, 9.17) is 14.2 Å². The van der Waals surface area contributed by atoms with Gasteiger partial charge in [-0.25, -0.2) is 8.42 Å². The second-order valence-electron chi connectivity index (χ2n) is 6.60. The number of carbonyl (C=O) groups excluding carboxylic acids is 1. The van der Waals surface area contributed by atoms with Gasteiger partial charge >= 0.3 is 0 Å². The van der Waals surface area contributed by atoms with Crippen molar-refractivity contribution in [3.05, 3.63) is 72.8 Å². The number of rotatable bonds is 10. The van der Waals surface area contributed by atoms with Crippen molar-refractivity contribution in [3.63, 3.8) is 0 Å². The number of amides is 1. The van der Waals surface area contributed by atoms with Crippen LogP contribution >= 0.6 is 0 Å². The van der Waals surface area contributed by atoms with E-state index in [9.17, 15) is 13.2 Å². The Morgan fingerprint density at radius 2 is 1.31 bits per heavy atom. The molecule has 2 N–H and O–H groups in total. The zero-order valence-corrected chi connectivity index (χ0v) is 18.5. The van der Waals surface area contributed by atoms with Gasteiger partial charge in [0, 0.05) is 11.4 Å². The SMILES string of the molecule is CCOc1ccc(NS(=O)(=O)c2ccc(NC(=O)COc3ccc(OC)cc3)cc2)cc1. The molecule has 0 aliphatic heterocycles. The van der Waals surface area contributed by atoms with Crippen molar-refractivity contribution >= 4 is 27.3 Å². The molecule has 0 fully saturated rings. The first-order chi connectivity index (χ1) is 15.4. The molecule has 0 spiro atoms. The van der Waals surface area contributed by atoms with Crippen LogP contribution in [0.3, 0.4) is 0 Å². The molecule has 3 aromatic carbocycles. The van der Waals surface area contributed by atoms with Crippen molar-refractivity contribution in [3.8, 4) is 17.2 Å². The molecule has 1 amide bonds. The van der Waals surface area contributed by atoms with Gasteiger partial charge in [0.2, 0.25) is 0 Å². The summed E-state index contributed by atoms with van der Waals surface area (Å²) in [5, 5.41) is 2.66. The zero-order chi connectivity index (χ0) is 23.0. The Morgan fingerprint density at radius 1 is 0.781 bits per heavy atom. The first kappa shape index (κ1) is 23.0. The highest BCUT2D eigenvalue weighted by Crippen LogP contribution is 2.21. The molecule has 0 atom stereocenters. The molecule has 0 saturated carbocycles. The minimum absolute atomic E-state index is 0.0684. The first-order valence-electron chi connectivity index (χ1n) is 9.82. The average Bonchev–Trinajstić information content (AvgIpc) is 2.80. The summed E-state index contributed by atoms with van der Waals surface area (Å²) < 4.78 is 43.5. The maximum absolute atomic E-state index is 12.6. The lowest BCUT2D eigenvalue weighted by Gasteiger charge is -2.11. The molecule has 0 aliphatic carbocycles. The monoisotopic (exact) mass is 456 g/mol. The number of hydrogen-bond acceptors (Lipinski definition) is 6. The summed E-state index contributed by atoms with van der Waals surface area (Å²) in [4.78, 5) is 12.2. The van der Waals surface area contributed by atoms with Crippen molar-refractivity contribution in [2.75, 3.05) is 30.4 Å². The van der Waals surface area contributed by atoms with Crippen molar-refractivity contribution in [1.82, 2.24) is 0 Å². The second kappa shape index (κ2) is 10.5. The third kappa shape index (κ3) is 6.39. The molecule has 3 rings (SSSR count). The Labute approximate surface area is 187 Å². The molecule has 168 valence electrons. The van der Waals surface area contributed by atoms with Gasteiger partial charge in [-0.1, -0.05) is 0 Å². The molecule has 0 aliphatic rings. The van der Waals surface area contributed by atoms with Crippen LogP contribution in [0.2, 0.25) is 0 Å². The van der Waals surface area contributed by atoms with Crippen molar-refractivity contribution < 1.29 is 27.4 Å². The summed E-state index contributed by atoms with van der Waals surface area (Å²) in [5.41, 5.74) is 0.870. The van der Waals surface area contributed by atoms with E-state index in [0.717, 1.165) is 0 Å². The molecule has 0 bridgehead atoms. The predicted octanol–water partition coefficient (Wildman–Crippen LogP) is 3.91. The molecule has 3 aromatic rings. The first-order valence-corrected chi connectivity index (χ1v) is 11.3. The van der Waals surface area contributed by atoms with Crippen molar-refractivity contribution in [2.24, 2.45) is 0 Å². The highest BCUT2D eigenvalue weighted by atomic mass is 32.2. The fourth-order valence-corrected chi connectivity index (χ4v) is 3.79. The topological polar surface area (TPSA) is 103 Å². The van der Waals surface area contributed by atoms with Gasteiger partial charge < -0.3 is 19.5 Å². The maximum Gasteiger partial charge on any atom is 0.262 e. The molecule has 0 radical (unpaired) electrons. The zero-order valence-electron chi connectivity index (χ0n) is 17.7. The Hall–Kier alpha value is -3.72. The lowest BCUT2D eigenvalue weighted by Crippen LogP contribution is -2.20. The van der Waals surface area contributed by atoms with Crippen molar-refractivity contribution in [2.45, 2.75) is 11.8 Å².